The van der Waals surface area contributed by atoms with E-state index in [4.69, 9.17) is 0 Å². The van der Waals surface area contributed by atoms with E-state index in [1.165, 1.54) is 0 Å². The van der Waals surface area contributed by atoms with E-state index in [-0.39, 0.29) is 24.9 Å². The van der Waals surface area contributed by atoms with Gasteiger partial charge in [-0.25, -0.2) is 4.79 Å². The van der Waals surface area contributed by atoms with Crippen LogP contribution >= 0.6 is 11.3 Å². The van der Waals surface area contributed by atoms with E-state index in [0.717, 1.165) is 5.56 Å². The highest BCUT2D eigenvalue weighted by Gasteiger charge is 2.29. The van der Waals surface area contributed by atoms with E-state index in [0.29, 0.717) is 6.54 Å². The molecule has 1 aromatic heterocycles. The van der Waals surface area contributed by atoms with E-state index in [2.05, 4.69) is 15.4 Å². The summed E-state index contributed by atoms with van der Waals surface area (Å²) < 4.78 is 39.5. The lowest BCUT2D eigenvalue weighted by atomic mass is 10.1. The Labute approximate surface area is 142 Å². The van der Waals surface area contributed by atoms with Crippen LogP contribution in [-0.4, -0.2) is 56.9 Å². The van der Waals surface area contributed by atoms with Crippen LogP contribution in [0, 0.1) is 0 Å². The first-order valence-electron chi connectivity index (χ1n) is 7.11. The number of carbonyl (C=O) groups excluding carboxylic acids is 2. The highest BCUT2D eigenvalue weighted by atomic mass is 32.1. The topological polar surface area (TPSA) is 70.7 Å². The van der Waals surface area contributed by atoms with E-state index in [1.807, 2.05) is 35.8 Å². The van der Waals surface area contributed by atoms with Crippen LogP contribution in [-0.2, 0) is 9.53 Å². The van der Waals surface area contributed by atoms with Crippen molar-refractivity contribution in [1.29, 1.82) is 0 Å². The number of rotatable bonds is 8. The summed E-state index contributed by atoms with van der Waals surface area (Å²) >= 11 is 1.56. The summed E-state index contributed by atoms with van der Waals surface area (Å²) in [4.78, 5) is 24.7. The van der Waals surface area contributed by atoms with Crippen molar-refractivity contribution in [3.8, 4) is 0 Å². The monoisotopic (exact) mass is 367 g/mol. The first-order valence-corrected chi connectivity index (χ1v) is 8.06. The molecule has 24 heavy (non-hydrogen) atoms. The van der Waals surface area contributed by atoms with Crippen molar-refractivity contribution in [3.05, 3.63) is 22.4 Å². The number of nitrogens with one attached hydrogen (secondary N) is 2. The third-order valence-corrected chi connectivity index (χ3v) is 3.73. The summed E-state index contributed by atoms with van der Waals surface area (Å²) in [6.07, 6.45) is -5.83. The molecular weight excluding hydrogens is 347 g/mol. The molecule has 0 radical (unpaired) electrons. The zero-order chi connectivity index (χ0) is 18.2. The molecule has 0 aliphatic heterocycles. The van der Waals surface area contributed by atoms with Crippen LogP contribution in [0.15, 0.2) is 16.8 Å². The number of alkyl carbamates (subject to hydrolysis) is 1. The lowest BCUT2D eigenvalue weighted by Crippen LogP contribution is -2.36. The van der Waals surface area contributed by atoms with Crippen molar-refractivity contribution < 1.29 is 27.5 Å². The first kappa shape index (κ1) is 20.2. The third kappa shape index (κ3) is 8.16. The van der Waals surface area contributed by atoms with Crippen molar-refractivity contribution in [1.82, 2.24) is 15.5 Å². The molecule has 1 aromatic rings. The van der Waals surface area contributed by atoms with Crippen LogP contribution < -0.4 is 10.6 Å². The lowest BCUT2D eigenvalue weighted by Gasteiger charge is -2.24. The molecular formula is C14H20F3N3O3S. The number of carbonyl (C=O) groups is 2. The number of nitrogens with zero attached hydrogens (tertiary/aromatic N) is 1. The quantitative estimate of drug-likeness (QED) is 0.739. The molecule has 2 amide bonds. The van der Waals surface area contributed by atoms with Gasteiger partial charge < -0.3 is 20.3 Å². The molecule has 0 saturated heterocycles. The molecule has 2 N–H and O–H groups in total. The molecule has 0 bridgehead atoms. The Morgan fingerprint density at radius 1 is 1.33 bits per heavy atom. The molecule has 1 unspecified atom stereocenters. The Morgan fingerprint density at radius 3 is 2.58 bits per heavy atom. The second kappa shape index (κ2) is 9.48. The SMILES string of the molecule is CN(C)C(CNC(=O)CCNC(=O)OCC(F)(F)F)c1ccsc1. The van der Waals surface area contributed by atoms with Crippen molar-refractivity contribution in [3.63, 3.8) is 0 Å². The predicted octanol–water partition coefficient (Wildman–Crippen LogP) is 2.15. The van der Waals surface area contributed by atoms with Gasteiger partial charge in [-0.15, -0.1) is 0 Å². The number of alkyl halides is 3. The molecule has 1 atom stereocenters. The minimum Gasteiger partial charge on any atom is -0.440 e. The van der Waals surface area contributed by atoms with E-state index < -0.39 is 18.9 Å². The maximum absolute atomic E-state index is 11.9. The Hall–Kier alpha value is -1.81. The summed E-state index contributed by atoms with van der Waals surface area (Å²) in [5.74, 6) is -0.312. The molecule has 136 valence electrons. The second-order valence-electron chi connectivity index (χ2n) is 5.21. The minimum absolute atomic E-state index is 0.0184. The van der Waals surface area contributed by atoms with Gasteiger partial charge in [0, 0.05) is 19.5 Å². The maximum atomic E-state index is 11.9. The third-order valence-electron chi connectivity index (χ3n) is 3.03. The average molecular weight is 367 g/mol. The van der Waals surface area contributed by atoms with Crippen LogP contribution in [0.5, 0.6) is 0 Å². The Morgan fingerprint density at radius 2 is 2.04 bits per heavy atom. The number of hydrogen-bond donors (Lipinski definition) is 2. The highest BCUT2D eigenvalue weighted by molar-refractivity contribution is 7.07. The van der Waals surface area contributed by atoms with Gasteiger partial charge in [-0.1, -0.05) is 0 Å². The van der Waals surface area contributed by atoms with Gasteiger partial charge in [0.1, 0.15) is 0 Å². The van der Waals surface area contributed by atoms with Gasteiger partial charge in [0.15, 0.2) is 6.61 Å². The fourth-order valence-corrected chi connectivity index (χ4v) is 2.55. The normalized spacial score (nSPS) is 12.8. The van der Waals surface area contributed by atoms with Gasteiger partial charge in [-0.3, -0.25) is 4.79 Å². The number of hydrogen-bond acceptors (Lipinski definition) is 5. The summed E-state index contributed by atoms with van der Waals surface area (Å²) in [6.45, 7) is -1.37. The minimum atomic E-state index is -4.57. The van der Waals surface area contributed by atoms with Gasteiger partial charge in [-0.05, 0) is 36.5 Å². The Bertz CT molecular complexity index is 521. The molecule has 1 rings (SSSR count). The maximum Gasteiger partial charge on any atom is 0.422 e. The first-order chi connectivity index (χ1) is 11.2. The Balaban J connectivity index is 2.25. The molecule has 0 fully saturated rings. The fraction of sp³-hybridized carbons (Fsp3) is 0.571. The zero-order valence-corrected chi connectivity index (χ0v) is 14.2. The molecule has 6 nitrogen and oxygen atoms in total. The second-order valence-corrected chi connectivity index (χ2v) is 5.99. The summed E-state index contributed by atoms with van der Waals surface area (Å²) in [6, 6.07) is 1.99. The Kier molecular flexibility index (Phi) is 7.99. The van der Waals surface area contributed by atoms with Crippen molar-refractivity contribution in [2.24, 2.45) is 0 Å². The van der Waals surface area contributed by atoms with Crippen LogP contribution in [0.3, 0.4) is 0 Å². The number of amides is 2. The highest BCUT2D eigenvalue weighted by Crippen LogP contribution is 2.19. The van der Waals surface area contributed by atoms with E-state index in [1.54, 1.807) is 11.3 Å². The summed E-state index contributed by atoms with van der Waals surface area (Å²) in [5.41, 5.74) is 1.08. The van der Waals surface area contributed by atoms with Crippen molar-refractivity contribution in [2.45, 2.75) is 18.6 Å². The predicted molar refractivity (Wildman–Crippen MR) is 83.8 cm³/mol. The van der Waals surface area contributed by atoms with Gasteiger partial charge >= 0.3 is 12.3 Å². The van der Waals surface area contributed by atoms with E-state index in [9.17, 15) is 22.8 Å². The zero-order valence-electron chi connectivity index (χ0n) is 13.4. The molecule has 0 saturated carbocycles. The van der Waals surface area contributed by atoms with Crippen molar-refractivity contribution in [2.75, 3.05) is 33.8 Å². The standard InChI is InChI=1S/C14H20F3N3O3S/c1-20(2)11(10-4-6-24-8-10)7-19-12(21)3-5-18-13(22)23-9-14(15,16)17/h4,6,8,11H,3,5,7,9H2,1-2H3,(H,18,22)(H,19,21). The number of halogens is 3. The summed E-state index contributed by atoms with van der Waals surface area (Å²) in [5, 5.41) is 8.77. The smallest absolute Gasteiger partial charge is 0.422 e. The molecule has 0 spiro atoms. The van der Waals surface area contributed by atoms with Gasteiger partial charge in [0.25, 0.3) is 0 Å². The van der Waals surface area contributed by atoms with E-state index >= 15 is 0 Å². The van der Waals surface area contributed by atoms with Crippen LogP contribution in [0.1, 0.15) is 18.0 Å². The van der Waals surface area contributed by atoms with Gasteiger partial charge in [0.05, 0.1) is 6.04 Å². The number of ether oxygens (including phenoxy) is 1. The lowest BCUT2D eigenvalue weighted by molar-refractivity contribution is -0.160. The fourth-order valence-electron chi connectivity index (χ4n) is 1.84. The van der Waals surface area contributed by atoms with Crippen LogP contribution in [0.2, 0.25) is 0 Å². The van der Waals surface area contributed by atoms with Crippen molar-refractivity contribution >= 4 is 23.3 Å². The summed E-state index contributed by atoms with van der Waals surface area (Å²) in [7, 11) is 3.79. The molecule has 0 aliphatic rings. The molecule has 0 aromatic carbocycles. The van der Waals surface area contributed by atoms with Crippen LogP contribution in [0.4, 0.5) is 18.0 Å². The average Bonchev–Trinajstić information content (AvgIpc) is 2.98. The largest absolute Gasteiger partial charge is 0.440 e. The van der Waals surface area contributed by atoms with Gasteiger partial charge in [-0.2, -0.15) is 24.5 Å². The molecule has 0 aliphatic carbocycles. The molecule has 1 heterocycles. The van der Waals surface area contributed by atoms with Crippen LogP contribution in [0.25, 0.3) is 0 Å². The molecule has 10 heteroatoms. The van der Waals surface area contributed by atoms with Gasteiger partial charge in [0.2, 0.25) is 5.91 Å². The number of likely N-dealkylation sites (N-methyl/N-ethyl adjacent to an activating group) is 1. The number of thiophene rings is 1.